The Morgan fingerprint density at radius 3 is 1.79 bits per heavy atom. The number of ether oxygens (including phenoxy) is 2. The summed E-state index contributed by atoms with van der Waals surface area (Å²) in [7, 11) is 0. The molecule has 3 aromatic rings. The van der Waals surface area contributed by atoms with E-state index in [1.807, 2.05) is 30.3 Å². The Balaban J connectivity index is 1.59. The molecule has 3 rings (SSSR count). The molecule has 0 spiro atoms. The molecule has 28 heavy (non-hydrogen) atoms. The molecule has 0 unspecified atom stereocenters. The quantitative estimate of drug-likeness (QED) is 0.517. The number of carboxylic acids is 1. The summed E-state index contributed by atoms with van der Waals surface area (Å²) in [6.07, 6.45) is 0. The molecular weight excluding hydrogens is 360 g/mol. The van der Waals surface area contributed by atoms with E-state index in [0.717, 1.165) is 5.56 Å². The van der Waals surface area contributed by atoms with E-state index in [-0.39, 0.29) is 23.5 Å². The van der Waals surface area contributed by atoms with Crippen molar-refractivity contribution in [3.63, 3.8) is 0 Å². The minimum atomic E-state index is -1.06. The van der Waals surface area contributed by atoms with Crippen molar-refractivity contribution >= 4 is 17.9 Å². The van der Waals surface area contributed by atoms with Gasteiger partial charge in [0.2, 0.25) is 0 Å². The summed E-state index contributed by atoms with van der Waals surface area (Å²) in [4.78, 5) is 35.1. The maximum atomic E-state index is 12.2. The summed E-state index contributed by atoms with van der Waals surface area (Å²) < 4.78 is 10.4. The standard InChI is InChI=1S/C22H16O6/c23-20(24)16-10-12-19(13-11-16)28-22(26)18-8-6-17(7-9-18)21(25)27-14-15-4-2-1-3-5-15/h1-13H,14H2,(H,23,24). The van der Waals surface area contributed by atoms with E-state index >= 15 is 0 Å². The first-order chi connectivity index (χ1) is 13.5. The molecule has 0 aromatic heterocycles. The molecule has 0 aliphatic rings. The van der Waals surface area contributed by atoms with Gasteiger partial charge in [-0.05, 0) is 54.1 Å². The molecule has 0 aliphatic carbocycles. The molecule has 140 valence electrons. The van der Waals surface area contributed by atoms with Gasteiger partial charge >= 0.3 is 17.9 Å². The fourth-order valence-electron chi connectivity index (χ4n) is 2.38. The Labute approximate surface area is 161 Å². The minimum absolute atomic E-state index is 0.0955. The van der Waals surface area contributed by atoms with Crippen molar-refractivity contribution in [3.05, 3.63) is 101 Å². The zero-order chi connectivity index (χ0) is 19.9. The predicted octanol–water partition coefficient (Wildman–Crippen LogP) is 3.96. The SMILES string of the molecule is O=C(O)c1ccc(OC(=O)c2ccc(C(=O)OCc3ccccc3)cc2)cc1. The number of carbonyl (C=O) groups is 3. The van der Waals surface area contributed by atoms with Crippen molar-refractivity contribution in [3.8, 4) is 5.75 Å². The Kier molecular flexibility index (Phi) is 5.81. The van der Waals surface area contributed by atoms with Gasteiger partial charge in [0, 0.05) is 0 Å². The van der Waals surface area contributed by atoms with Gasteiger partial charge in [0.05, 0.1) is 16.7 Å². The van der Waals surface area contributed by atoms with E-state index in [1.54, 1.807) is 0 Å². The maximum absolute atomic E-state index is 12.2. The first-order valence-electron chi connectivity index (χ1n) is 8.39. The monoisotopic (exact) mass is 376 g/mol. The third-order valence-corrected chi connectivity index (χ3v) is 3.88. The topological polar surface area (TPSA) is 89.9 Å². The lowest BCUT2D eigenvalue weighted by Gasteiger charge is -2.07. The molecule has 0 amide bonds. The van der Waals surface area contributed by atoms with Gasteiger partial charge in [-0.2, -0.15) is 0 Å². The van der Waals surface area contributed by atoms with Crippen LogP contribution in [0.15, 0.2) is 78.9 Å². The van der Waals surface area contributed by atoms with E-state index in [0.29, 0.717) is 5.56 Å². The molecule has 0 saturated heterocycles. The van der Waals surface area contributed by atoms with Crippen molar-refractivity contribution in [1.82, 2.24) is 0 Å². The second-order valence-corrected chi connectivity index (χ2v) is 5.86. The molecule has 0 saturated carbocycles. The van der Waals surface area contributed by atoms with Crippen LogP contribution in [0.3, 0.4) is 0 Å². The molecule has 1 N–H and O–H groups in total. The van der Waals surface area contributed by atoms with E-state index in [9.17, 15) is 14.4 Å². The van der Waals surface area contributed by atoms with Gasteiger partial charge in [0.15, 0.2) is 0 Å². The van der Waals surface area contributed by atoms with Crippen molar-refractivity contribution < 1.29 is 29.0 Å². The minimum Gasteiger partial charge on any atom is -0.478 e. The van der Waals surface area contributed by atoms with Gasteiger partial charge in [0.25, 0.3) is 0 Å². The second kappa shape index (κ2) is 8.64. The summed E-state index contributed by atoms with van der Waals surface area (Å²) >= 11 is 0. The lowest BCUT2D eigenvalue weighted by molar-refractivity contribution is 0.0471. The van der Waals surface area contributed by atoms with E-state index in [4.69, 9.17) is 14.6 Å². The highest BCUT2D eigenvalue weighted by atomic mass is 16.5. The lowest BCUT2D eigenvalue weighted by atomic mass is 10.1. The van der Waals surface area contributed by atoms with Crippen LogP contribution in [0.2, 0.25) is 0 Å². The third-order valence-electron chi connectivity index (χ3n) is 3.88. The summed E-state index contributed by atoms with van der Waals surface area (Å²) in [6.45, 7) is 0.163. The summed E-state index contributed by atoms with van der Waals surface area (Å²) in [5.74, 6) is -1.95. The lowest BCUT2D eigenvalue weighted by Crippen LogP contribution is -2.10. The number of esters is 2. The molecule has 6 nitrogen and oxygen atoms in total. The number of rotatable bonds is 6. The van der Waals surface area contributed by atoms with Crippen LogP contribution in [-0.2, 0) is 11.3 Å². The fraction of sp³-hybridized carbons (Fsp3) is 0.0455. The van der Waals surface area contributed by atoms with Gasteiger partial charge in [0.1, 0.15) is 12.4 Å². The van der Waals surface area contributed by atoms with Crippen LogP contribution >= 0.6 is 0 Å². The molecule has 0 atom stereocenters. The Hall–Kier alpha value is -3.93. The highest BCUT2D eigenvalue weighted by Crippen LogP contribution is 2.15. The summed E-state index contributed by atoms with van der Waals surface area (Å²) in [5.41, 5.74) is 1.54. The van der Waals surface area contributed by atoms with Gasteiger partial charge in [-0.1, -0.05) is 30.3 Å². The Morgan fingerprint density at radius 1 is 0.679 bits per heavy atom. The predicted molar refractivity (Wildman–Crippen MR) is 100 cm³/mol. The third kappa shape index (κ3) is 4.82. The molecule has 0 radical (unpaired) electrons. The van der Waals surface area contributed by atoms with Crippen LogP contribution in [0.5, 0.6) is 5.75 Å². The maximum Gasteiger partial charge on any atom is 0.343 e. The summed E-state index contributed by atoms with van der Waals surface area (Å²) in [6, 6.07) is 20.7. The zero-order valence-electron chi connectivity index (χ0n) is 14.7. The van der Waals surface area contributed by atoms with Crippen molar-refractivity contribution in [1.29, 1.82) is 0 Å². The zero-order valence-corrected chi connectivity index (χ0v) is 14.7. The second-order valence-electron chi connectivity index (χ2n) is 5.86. The largest absolute Gasteiger partial charge is 0.478 e. The van der Waals surface area contributed by atoms with Crippen LogP contribution in [-0.4, -0.2) is 23.0 Å². The van der Waals surface area contributed by atoms with Crippen LogP contribution < -0.4 is 4.74 Å². The average molecular weight is 376 g/mol. The summed E-state index contributed by atoms with van der Waals surface area (Å²) in [5, 5.41) is 8.86. The highest BCUT2D eigenvalue weighted by molar-refractivity contribution is 5.94. The van der Waals surface area contributed by atoms with Gasteiger partial charge < -0.3 is 14.6 Å². The number of benzene rings is 3. The van der Waals surface area contributed by atoms with Crippen molar-refractivity contribution in [2.75, 3.05) is 0 Å². The Bertz CT molecular complexity index is 976. The molecule has 6 heteroatoms. The molecular formula is C22H16O6. The molecule has 0 bridgehead atoms. The van der Waals surface area contributed by atoms with Crippen LogP contribution in [0, 0.1) is 0 Å². The number of carbonyl (C=O) groups excluding carboxylic acids is 2. The smallest absolute Gasteiger partial charge is 0.343 e. The molecule has 3 aromatic carbocycles. The first kappa shape index (κ1) is 18.8. The van der Waals surface area contributed by atoms with Gasteiger partial charge in [-0.25, -0.2) is 14.4 Å². The number of carboxylic acid groups (broad SMARTS) is 1. The van der Waals surface area contributed by atoms with Gasteiger partial charge in [-0.3, -0.25) is 0 Å². The number of hydrogen-bond donors (Lipinski definition) is 1. The number of aromatic carboxylic acids is 1. The number of hydrogen-bond acceptors (Lipinski definition) is 5. The van der Waals surface area contributed by atoms with Crippen LogP contribution in [0.25, 0.3) is 0 Å². The van der Waals surface area contributed by atoms with Crippen molar-refractivity contribution in [2.45, 2.75) is 6.61 Å². The normalized spacial score (nSPS) is 10.1. The average Bonchev–Trinajstić information content (AvgIpc) is 2.73. The molecule has 0 fully saturated rings. The van der Waals surface area contributed by atoms with Crippen molar-refractivity contribution in [2.24, 2.45) is 0 Å². The molecule has 0 aliphatic heterocycles. The fourth-order valence-corrected chi connectivity index (χ4v) is 2.38. The van der Waals surface area contributed by atoms with Crippen LogP contribution in [0.4, 0.5) is 0 Å². The van der Waals surface area contributed by atoms with E-state index < -0.39 is 17.9 Å². The Morgan fingerprint density at radius 2 is 1.21 bits per heavy atom. The molecule has 0 heterocycles. The van der Waals surface area contributed by atoms with E-state index in [2.05, 4.69) is 0 Å². The highest BCUT2D eigenvalue weighted by Gasteiger charge is 2.12. The van der Waals surface area contributed by atoms with Crippen LogP contribution in [0.1, 0.15) is 36.6 Å². The van der Waals surface area contributed by atoms with E-state index in [1.165, 1.54) is 48.5 Å². The first-order valence-corrected chi connectivity index (χ1v) is 8.39. The van der Waals surface area contributed by atoms with Gasteiger partial charge in [-0.15, -0.1) is 0 Å².